The molecule has 21 heavy (non-hydrogen) atoms. The lowest BCUT2D eigenvalue weighted by Crippen LogP contribution is -2.21. The highest BCUT2D eigenvalue weighted by molar-refractivity contribution is 5.93. The third kappa shape index (κ3) is 3.79. The molecule has 2 aromatic rings. The summed E-state index contributed by atoms with van der Waals surface area (Å²) in [4.78, 5) is 17.6. The van der Waals surface area contributed by atoms with Gasteiger partial charge in [-0.25, -0.2) is 4.98 Å². The Balaban J connectivity index is 2.02. The predicted octanol–water partition coefficient (Wildman–Crippen LogP) is 1.85. The van der Waals surface area contributed by atoms with Crippen molar-refractivity contribution < 1.29 is 4.79 Å². The van der Waals surface area contributed by atoms with Gasteiger partial charge in [0.15, 0.2) is 0 Å². The van der Waals surface area contributed by atoms with Crippen LogP contribution >= 0.6 is 0 Å². The first-order valence-electron chi connectivity index (χ1n) is 6.80. The molecule has 0 aliphatic carbocycles. The fourth-order valence-electron chi connectivity index (χ4n) is 2.00. The molecule has 0 aliphatic heterocycles. The number of hydrogen-bond donors (Lipinski definition) is 2. The molecule has 110 valence electrons. The van der Waals surface area contributed by atoms with Gasteiger partial charge in [0.05, 0.1) is 5.56 Å². The van der Waals surface area contributed by atoms with Crippen molar-refractivity contribution >= 4 is 11.7 Å². The lowest BCUT2D eigenvalue weighted by Gasteiger charge is -2.11. The first-order chi connectivity index (χ1) is 10.1. The van der Waals surface area contributed by atoms with Crippen molar-refractivity contribution in [2.75, 3.05) is 19.4 Å². The van der Waals surface area contributed by atoms with Crippen LogP contribution in [0.25, 0.3) is 0 Å². The van der Waals surface area contributed by atoms with Gasteiger partial charge >= 0.3 is 0 Å². The van der Waals surface area contributed by atoms with E-state index in [0.717, 1.165) is 16.9 Å². The fourth-order valence-corrected chi connectivity index (χ4v) is 2.00. The Morgan fingerprint density at radius 2 is 1.90 bits per heavy atom. The van der Waals surface area contributed by atoms with Gasteiger partial charge in [0.2, 0.25) is 0 Å². The van der Waals surface area contributed by atoms with Crippen LogP contribution in [-0.4, -0.2) is 29.9 Å². The lowest BCUT2D eigenvalue weighted by molar-refractivity contribution is 0.0827. The molecule has 0 fully saturated rings. The molecule has 1 amide bonds. The van der Waals surface area contributed by atoms with Crippen molar-refractivity contribution in [2.45, 2.75) is 13.1 Å². The molecule has 0 bridgehead atoms. The molecule has 5 heteroatoms. The molecule has 5 nitrogen and oxygen atoms in total. The molecule has 1 aromatic heterocycles. The van der Waals surface area contributed by atoms with Crippen molar-refractivity contribution in [1.82, 2.24) is 9.88 Å². The third-order valence-electron chi connectivity index (χ3n) is 3.21. The van der Waals surface area contributed by atoms with Crippen LogP contribution < -0.4 is 11.1 Å². The summed E-state index contributed by atoms with van der Waals surface area (Å²) in [6.45, 7) is 1.17. The number of nitrogens with zero attached hydrogens (tertiary/aromatic N) is 2. The Bertz CT molecular complexity index is 608. The normalized spacial score (nSPS) is 10.2. The van der Waals surface area contributed by atoms with Crippen molar-refractivity contribution in [3.05, 3.63) is 59.3 Å². The Labute approximate surface area is 124 Å². The minimum Gasteiger partial charge on any atom is -0.366 e. The molecule has 2 rings (SSSR count). The summed E-state index contributed by atoms with van der Waals surface area (Å²) in [6, 6.07) is 11.6. The average molecular weight is 284 g/mol. The number of nitrogens with one attached hydrogen (secondary N) is 1. The van der Waals surface area contributed by atoms with Crippen LogP contribution in [0.5, 0.6) is 0 Å². The molecule has 1 heterocycles. The Kier molecular flexibility index (Phi) is 4.90. The van der Waals surface area contributed by atoms with Crippen molar-refractivity contribution in [2.24, 2.45) is 5.73 Å². The Morgan fingerprint density at radius 1 is 1.19 bits per heavy atom. The maximum absolute atomic E-state index is 11.8. The van der Waals surface area contributed by atoms with Crippen LogP contribution in [0.2, 0.25) is 0 Å². The number of anilines is 1. The largest absolute Gasteiger partial charge is 0.366 e. The second kappa shape index (κ2) is 6.85. The highest BCUT2D eigenvalue weighted by Crippen LogP contribution is 2.12. The van der Waals surface area contributed by atoms with E-state index in [0.29, 0.717) is 18.7 Å². The summed E-state index contributed by atoms with van der Waals surface area (Å²) in [6.07, 6.45) is 1.58. The first-order valence-corrected chi connectivity index (χ1v) is 6.80. The molecular formula is C16H20N4O. The summed E-state index contributed by atoms with van der Waals surface area (Å²) < 4.78 is 0. The summed E-state index contributed by atoms with van der Waals surface area (Å²) >= 11 is 0. The second-order valence-corrected chi connectivity index (χ2v) is 4.96. The van der Waals surface area contributed by atoms with Crippen LogP contribution in [0.4, 0.5) is 5.82 Å². The van der Waals surface area contributed by atoms with Gasteiger partial charge in [-0.1, -0.05) is 24.3 Å². The molecule has 0 saturated heterocycles. The van der Waals surface area contributed by atoms with Gasteiger partial charge in [-0.15, -0.1) is 0 Å². The van der Waals surface area contributed by atoms with Crippen LogP contribution in [0.15, 0.2) is 42.6 Å². The Morgan fingerprint density at radius 3 is 2.48 bits per heavy atom. The molecular weight excluding hydrogens is 264 g/mol. The van der Waals surface area contributed by atoms with Gasteiger partial charge in [0, 0.05) is 33.4 Å². The summed E-state index contributed by atoms with van der Waals surface area (Å²) in [5.74, 6) is 0.680. The van der Waals surface area contributed by atoms with E-state index < -0.39 is 0 Å². The standard InChI is InChI=1S/C16H20N4O/c1-20(2)16(21)14-7-8-15(19-11-14)18-10-13-6-4-3-5-12(13)9-17/h3-8,11H,9-10,17H2,1-2H3,(H,18,19). The quantitative estimate of drug-likeness (QED) is 0.879. The number of carbonyl (C=O) groups is 1. The van der Waals surface area contributed by atoms with Gasteiger partial charge in [0.25, 0.3) is 5.91 Å². The number of hydrogen-bond acceptors (Lipinski definition) is 4. The van der Waals surface area contributed by atoms with Crippen LogP contribution in [0.3, 0.4) is 0 Å². The number of nitrogens with two attached hydrogens (primary N) is 1. The highest BCUT2D eigenvalue weighted by atomic mass is 16.2. The second-order valence-electron chi connectivity index (χ2n) is 4.96. The van der Waals surface area contributed by atoms with Gasteiger partial charge in [0.1, 0.15) is 5.82 Å². The minimum atomic E-state index is -0.0532. The number of carbonyl (C=O) groups excluding carboxylic acids is 1. The Hall–Kier alpha value is -2.40. The number of benzene rings is 1. The average Bonchev–Trinajstić information content (AvgIpc) is 2.52. The monoisotopic (exact) mass is 284 g/mol. The fraction of sp³-hybridized carbons (Fsp3) is 0.250. The molecule has 0 unspecified atom stereocenters. The summed E-state index contributed by atoms with van der Waals surface area (Å²) in [5, 5.41) is 3.24. The maximum atomic E-state index is 11.8. The van der Waals surface area contributed by atoms with E-state index in [9.17, 15) is 4.79 Å². The summed E-state index contributed by atoms with van der Waals surface area (Å²) in [5.41, 5.74) is 8.56. The number of pyridine rings is 1. The molecule has 1 aromatic carbocycles. The molecule has 0 aliphatic rings. The zero-order chi connectivity index (χ0) is 15.2. The number of amides is 1. The van der Waals surface area contributed by atoms with Crippen LogP contribution in [-0.2, 0) is 13.1 Å². The first kappa shape index (κ1) is 15.0. The highest BCUT2D eigenvalue weighted by Gasteiger charge is 2.08. The van der Waals surface area contributed by atoms with Crippen molar-refractivity contribution in [1.29, 1.82) is 0 Å². The van der Waals surface area contributed by atoms with Crippen LogP contribution in [0, 0.1) is 0 Å². The van der Waals surface area contributed by atoms with Gasteiger partial charge in [-0.05, 0) is 23.3 Å². The van der Waals surface area contributed by atoms with Gasteiger partial charge in [-0.2, -0.15) is 0 Å². The number of aromatic nitrogens is 1. The zero-order valence-electron chi connectivity index (χ0n) is 12.3. The number of rotatable bonds is 5. The van der Waals surface area contributed by atoms with E-state index in [4.69, 9.17) is 5.73 Å². The molecule has 0 atom stereocenters. The van der Waals surface area contributed by atoms with Gasteiger partial charge in [-0.3, -0.25) is 4.79 Å². The van der Waals surface area contributed by atoms with Gasteiger partial charge < -0.3 is 16.0 Å². The van der Waals surface area contributed by atoms with E-state index >= 15 is 0 Å². The SMILES string of the molecule is CN(C)C(=O)c1ccc(NCc2ccccc2CN)nc1. The molecule has 0 spiro atoms. The topological polar surface area (TPSA) is 71.2 Å². The van der Waals surface area contributed by atoms with E-state index in [1.54, 1.807) is 26.4 Å². The van der Waals surface area contributed by atoms with Crippen molar-refractivity contribution in [3.8, 4) is 0 Å². The zero-order valence-corrected chi connectivity index (χ0v) is 12.3. The summed E-state index contributed by atoms with van der Waals surface area (Å²) in [7, 11) is 3.44. The molecule has 0 saturated carbocycles. The van der Waals surface area contributed by atoms with Crippen molar-refractivity contribution in [3.63, 3.8) is 0 Å². The van der Waals surface area contributed by atoms with E-state index in [2.05, 4.69) is 10.3 Å². The predicted molar refractivity (Wildman–Crippen MR) is 83.9 cm³/mol. The minimum absolute atomic E-state index is 0.0532. The molecule has 3 N–H and O–H groups in total. The van der Waals surface area contributed by atoms with E-state index in [1.807, 2.05) is 30.3 Å². The van der Waals surface area contributed by atoms with Crippen LogP contribution in [0.1, 0.15) is 21.5 Å². The van der Waals surface area contributed by atoms with E-state index in [-0.39, 0.29) is 5.91 Å². The third-order valence-corrected chi connectivity index (χ3v) is 3.21. The van der Waals surface area contributed by atoms with E-state index in [1.165, 1.54) is 4.90 Å². The smallest absolute Gasteiger partial charge is 0.254 e. The lowest BCUT2D eigenvalue weighted by atomic mass is 10.1. The molecule has 0 radical (unpaired) electrons. The maximum Gasteiger partial charge on any atom is 0.254 e.